The van der Waals surface area contributed by atoms with Crippen LogP contribution in [0.4, 0.5) is 5.69 Å². The van der Waals surface area contributed by atoms with Gasteiger partial charge >= 0.3 is 0 Å². The molecule has 1 N–H and O–H groups in total. The van der Waals surface area contributed by atoms with Crippen LogP contribution in [-0.2, 0) is 5.75 Å². The van der Waals surface area contributed by atoms with Crippen LogP contribution in [0.1, 0.15) is 21.6 Å². The first kappa shape index (κ1) is 21.0. The average molecular weight is 430 g/mol. The number of rotatable bonds is 7. The first-order valence-corrected chi connectivity index (χ1v) is 10.1. The second kappa shape index (κ2) is 9.62. The summed E-state index contributed by atoms with van der Waals surface area (Å²) in [5.41, 5.74) is 2.90. The molecule has 1 aromatic heterocycles. The van der Waals surface area contributed by atoms with Crippen LogP contribution in [0.25, 0.3) is 0 Å². The summed E-state index contributed by atoms with van der Waals surface area (Å²) >= 11 is 7.61. The van der Waals surface area contributed by atoms with Crippen LogP contribution in [0.2, 0.25) is 5.02 Å². The highest BCUT2D eigenvalue weighted by molar-refractivity contribution is 7.98. The van der Waals surface area contributed by atoms with Crippen molar-refractivity contribution in [2.75, 3.05) is 19.5 Å². The van der Waals surface area contributed by atoms with E-state index in [1.165, 1.54) is 30.6 Å². The van der Waals surface area contributed by atoms with Crippen molar-refractivity contribution in [2.45, 2.75) is 17.8 Å². The molecule has 0 saturated carbocycles. The molecular formula is C21H20ClN3O3S. The van der Waals surface area contributed by atoms with E-state index in [-0.39, 0.29) is 10.7 Å². The molecule has 150 valence electrons. The van der Waals surface area contributed by atoms with Crippen molar-refractivity contribution in [1.82, 2.24) is 9.97 Å². The first-order chi connectivity index (χ1) is 14.0. The molecule has 0 aliphatic carbocycles. The topological polar surface area (TPSA) is 73.3 Å². The lowest BCUT2D eigenvalue weighted by atomic mass is 10.2. The number of methoxy groups -OCH3 is 2. The highest BCUT2D eigenvalue weighted by atomic mass is 35.5. The van der Waals surface area contributed by atoms with E-state index >= 15 is 0 Å². The molecule has 0 radical (unpaired) electrons. The van der Waals surface area contributed by atoms with Crippen LogP contribution in [0.5, 0.6) is 11.5 Å². The van der Waals surface area contributed by atoms with Crippen molar-refractivity contribution in [3.8, 4) is 11.5 Å². The number of nitrogens with one attached hydrogen (secondary N) is 1. The number of nitrogens with zero attached hydrogens (tertiary/aromatic N) is 2. The van der Waals surface area contributed by atoms with Crippen molar-refractivity contribution in [3.05, 3.63) is 70.5 Å². The van der Waals surface area contributed by atoms with Gasteiger partial charge in [-0.1, -0.05) is 53.2 Å². The van der Waals surface area contributed by atoms with Gasteiger partial charge in [-0.3, -0.25) is 4.79 Å². The largest absolute Gasteiger partial charge is 0.497 e. The molecule has 0 atom stereocenters. The number of hydrogen-bond acceptors (Lipinski definition) is 6. The van der Waals surface area contributed by atoms with Gasteiger partial charge in [-0.2, -0.15) is 0 Å². The maximum atomic E-state index is 12.8. The highest BCUT2D eigenvalue weighted by Crippen LogP contribution is 2.30. The van der Waals surface area contributed by atoms with E-state index in [1.807, 2.05) is 6.92 Å². The van der Waals surface area contributed by atoms with Gasteiger partial charge in [-0.05, 0) is 24.6 Å². The Hall–Kier alpha value is -2.77. The van der Waals surface area contributed by atoms with Crippen LogP contribution in [0, 0.1) is 6.92 Å². The summed E-state index contributed by atoms with van der Waals surface area (Å²) in [7, 11) is 3.07. The molecule has 1 heterocycles. The zero-order valence-electron chi connectivity index (χ0n) is 16.2. The number of ether oxygens (including phenoxy) is 2. The molecule has 29 heavy (non-hydrogen) atoms. The van der Waals surface area contributed by atoms with Crippen LogP contribution >= 0.6 is 23.4 Å². The molecule has 6 nitrogen and oxygen atoms in total. The van der Waals surface area contributed by atoms with E-state index in [1.54, 1.807) is 25.3 Å². The second-order valence-electron chi connectivity index (χ2n) is 6.14. The standard InChI is InChI=1S/C21H20ClN3O3S/c1-13-4-6-14(7-5-13)12-29-21-23-11-16(22)19(25-21)20(26)24-17-10-15(27-2)8-9-18(17)28-3/h4-11H,12H2,1-3H3,(H,24,26). The Morgan fingerprint density at radius 2 is 1.90 bits per heavy atom. The minimum atomic E-state index is -0.457. The van der Waals surface area contributed by atoms with E-state index < -0.39 is 5.91 Å². The van der Waals surface area contributed by atoms with Gasteiger partial charge in [0.15, 0.2) is 10.9 Å². The van der Waals surface area contributed by atoms with E-state index in [2.05, 4.69) is 39.6 Å². The molecule has 0 unspecified atom stereocenters. The third kappa shape index (κ3) is 5.40. The van der Waals surface area contributed by atoms with Gasteiger partial charge in [0.2, 0.25) is 0 Å². The van der Waals surface area contributed by atoms with Gasteiger partial charge in [0.1, 0.15) is 11.5 Å². The maximum Gasteiger partial charge on any atom is 0.276 e. The van der Waals surface area contributed by atoms with Gasteiger partial charge in [0.25, 0.3) is 5.91 Å². The fourth-order valence-electron chi connectivity index (χ4n) is 2.51. The molecule has 0 fully saturated rings. The molecule has 0 saturated heterocycles. The monoisotopic (exact) mass is 429 g/mol. The smallest absolute Gasteiger partial charge is 0.276 e. The molecule has 0 aliphatic heterocycles. The summed E-state index contributed by atoms with van der Waals surface area (Å²) < 4.78 is 10.5. The molecule has 2 aromatic carbocycles. The minimum Gasteiger partial charge on any atom is -0.497 e. The van der Waals surface area contributed by atoms with E-state index in [0.29, 0.717) is 28.1 Å². The van der Waals surface area contributed by atoms with Gasteiger partial charge in [-0.15, -0.1) is 0 Å². The average Bonchev–Trinajstić information content (AvgIpc) is 2.74. The fraction of sp³-hybridized carbons (Fsp3) is 0.190. The third-order valence-corrected chi connectivity index (χ3v) is 5.29. The van der Waals surface area contributed by atoms with Gasteiger partial charge in [0, 0.05) is 11.8 Å². The Kier molecular flexibility index (Phi) is 6.95. The molecule has 1 amide bonds. The lowest BCUT2D eigenvalue weighted by Gasteiger charge is -2.12. The predicted molar refractivity (Wildman–Crippen MR) is 115 cm³/mol. The zero-order valence-corrected chi connectivity index (χ0v) is 17.8. The fourth-order valence-corrected chi connectivity index (χ4v) is 3.45. The predicted octanol–water partition coefficient (Wildman–Crippen LogP) is 5.00. The van der Waals surface area contributed by atoms with Crippen molar-refractivity contribution in [2.24, 2.45) is 0 Å². The summed E-state index contributed by atoms with van der Waals surface area (Å²) in [6, 6.07) is 13.3. The number of carbonyl (C=O) groups is 1. The van der Waals surface area contributed by atoms with Crippen LogP contribution in [-0.4, -0.2) is 30.1 Å². The lowest BCUT2D eigenvalue weighted by Crippen LogP contribution is -2.16. The summed E-state index contributed by atoms with van der Waals surface area (Å²) in [6.07, 6.45) is 1.43. The number of halogens is 1. The van der Waals surface area contributed by atoms with Gasteiger partial charge in [0.05, 0.1) is 31.1 Å². The van der Waals surface area contributed by atoms with E-state index in [9.17, 15) is 4.79 Å². The quantitative estimate of drug-likeness (QED) is 0.421. The Morgan fingerprint density at radius 1 is 1.14 bits per heavy atom. The Labute approximate surface area is 178 Å². The molecule has 0 aliphatic rings. The van der Waals surface area contributed by atoms with Crippen molar-refractivity contribution < 1.29 is 14.3 Å². The second-order valence-corrected chi connectivity index (χ2v) is 7.49. The molecular weight excluding hydrogens is 410 g/mol. The number of carbonyl (C=O) groups excluding carboxylic acids is 1. The van der Waals surface area contributed by atoms with Crippen molar-refractivity contribution in [1.29, 1.82) is 0 Å². The summed E-state index contributed by atoms with van der Waals surface area (Å²) in [5.74, 6) is 1.32. The minimum absolute atomic E-state index is 0.0953. The number of anilines is 1. The van der Waals surface area contributed by atoms with E-state index in [0.717, 1.165) is 5.56 Å². The lowest BCUT2D eigenvalue weighted by molar-refractivity contribution is 0.102. The molecule has 0 bridgehead atoms. The first-order valence-electron chi connectivity index (χ1n) is 8.74. The van der Waals surface area contributed by atoms with Gasteiger partial charge < -0.3 is 14.8 Å². The number of aromatic nitrogens is 2. The molecule has 0 spiro atoms. The van der Waals surface area contributed by atoms with Crippen LogP contribution < -0.4 is 14.8 Å². The maximum absolute atomic E-state index is 12.8. The van der Waals surface area contributed by atoms with Crippen LogP contribution in [0.15, 0.2) is 53.8 Å². The van der Waals surface area contributed by atoms with Crippen LogP contribution in [0.3, 0.4) is 0 Å². The normalized spacial score (nSPS) is 10.5. The number of aryl methyl sites for hydroxylation is 1. The van der Waals surface area contributed by atoms with Crippen molar-refractivity contribution in [3.63, 3.8) is 0 Å². The SMILES string of the molecule is COc1ccc(OC)c(NC(=O)c2nc(SCc3ccc(C)cc3)ncc2Cl)c1. The number of hydrogen-bond donors (Lipinski definition) is 1. The van der Waals surface area contributed by atoms with E-state index in [4.69, 9.17) is 21.1 Å². The zero-order chi connectivity index (χ0) is 20.8. The molecule has 3 aromatic rings. The number of amides is 1. The highest BCUT2D eigenvalue weighted by Gasteiger charge is 2.17. The number of thioether (sulfide) groups is 1. The Balaban J connectivity index is 1.77. The molecule has 3 rings (SSSR count). The Morgan fingerprint density at radius 3 is 2.59 bits per heavy atom. The van der Waals surface area contributed by atoms with Gasteiger partial charge in [-0.25, -0.2) is 9.97 Å². The summed E-state index contributed by atoms with van der Waals surface area (Å²) in [5, 5.41) is 3.41. The summed E-state index contributed by atoms with van der Waals surface area (Å²) in [6.45, 7) is 2.04. The third-order valence-electron chi connectivity index (χ3n) is 4.08. The molecule has 8 heteroatoms. The van der Waals surface area contributed by atoms with Crippen molar-refractivity contribution >= 4 is 35.0 Å². The summed E-state index contributed by atoms with van der Waals surface area (Å²) in [4.78, 5) is 21.3. The number of benzene rings is 2. The Bertz CT molecular complexity index is 1010.